The van der Waals surface area contributed by atoms with Crippen molar-refractivity contribution in [1.29, 1.82) is 0 Å². The molecule has 1 N–H and O–H groups in total. The highest BCUT2D eigenvalue weighted by Gasteiger charge is 2.34. The molecule has 0 saturated carbocycles. The zero-order valence-corrected chi connectivity index (χ0v) is 26.9. The SMILES string of the molecule is Cc1ccc(N(CC(=O)N(Cc2ccccc2C)[C@@H](Cc2ccccc2)C(=O)NCC(C)C)S(=O)(=O)c2ccc(F)cc2)cc1. The van der Waals surface area contributed by atoms with E-state index >= 15 is 0 Å². The van der Waals surface area contributed by atoms with Gasteiger partial charge in [0.2, 0.25) is 11.8 Å². The van der Waals surface area contributed by atoms with Crippen molar-refractivity contribution < 1.29 is 22.4 Å². The summed E-state index contributed by atoms with van der Waals surface area (Å²) in [4.78, 5) is 29.7. The van der Waals surface area contributed by atoms with Crippen molar-refractivity contribution in [2.24, 2.45) is 5.92 Å². The van der Waals surface area contributed by atoms with Crippen molar-refractivity contribution >= 4 is 27.5 Å². The fourth-order valence-electron chi connectivity index (χ4n) is 4.92. The van der Waals surface area contributed by atoms with Crippen LogP contribution >= 0.6 is 0 Å². The molecule has 2 amide bonds. The Hall–Kier alpha value is -4.50. The summed E-state index contributed by atoms with van der Waals surface area (Å²) in [5, 5.41) is 2.99. The maximum Gasteiger partial charge on any atom is 0.264 e. The van der Waals surface area contributed by atoms with Crippen LogP contribution in [-0.4, -0.2) is 44.3 Å². The molecule has 0 aliphatic rings. The summed E-state index contributed by atoms with van der Waals surface area (Å²) in [5.41, 5.74) is 3.82. The number of sulfonamides is 1. The molecular weight excluding hydrogens is 589 g/mol. The largest absolute Gasteiger partial charge is 0.354 e. The van der Waals surface area contributed by atoms with E-state index in [4.69, 9.17) is 0 Å². The Labute approximate surface area is 265 Å². The zero-order valence-electron chi connectivity index (χ0n) is 26.1. The molecular formula is C36H40FN3O4S. The summed E-state index contributed by atoms with van der Waals surface area (Å²) in [5.74, 6) is -1.26. The van der Waals surface area contributed by atoms with E-state index in [0.717, 1.165) is 38.7 Å². The van der Waals surface area contributed by atoms with Crippen molar-refractivity contribution in [1.82, 2.24) is 10.2 Å². The molecule has 0 unspecified atom stereocenters. The van der Waals surface area contributed by atoms with Gasteiger partial charge < -0.3 is 10.2 Å². The fraction of sp³-hybridized carbons (Fsp3) is 0.278. The van der Waals surface area contributed by atoms with Gasteiger partial charge in [0, 0.05) is 19.5 Å². The van der Waals surface area contributed by atoms with Gasteiger partial charge in [-0.25, -0.2) is 12.8 Å². The minimum atomic E-state index is -4.30. The van der Waals surface area contributed by atoms with Crippen molar-refractivity contribution in [2.75, 3.05) is 17.4 Å². The molecule has 4 aromatic rings. The molecule has 0 fully saturated rings. The van der Waals surface area contributed by atoms with E-state index < -0.39 is 34.3 Å². The topological polar surface area (TPSA) is 86.8 Å². The lowest BCUT2D eigenvalue weighted by Crippen LogP contribution is -2.53. The third-order valence-corrected chi connectivity index (χ3v) is 9.35. The highest BCUT2D eigenvalue weighted by Crippen LogP contribution is 2.26. The first-order valence-electron chi connectivity index (χ1n) is 15.0. The number of benzene rings is 4. The molecule has 236 valence electrons. The van der Waals surface area contributed by atoms with E-state index in [-0.39, 0.29) is 35.4 Å². The Balaban J connectivity index is 1.80. The summed E-state index contributed by atoms with van der Waals surface area (Å²) in [6.07, 6.45) is 0.234. The van der Waals surface area contributed by atoms with Crippen LogP contribution in [0.1, 0.15) is 36.1 Å². The minimum absolute atomic E-state index is 0.0937. The molecule has 45 heavy (non-hydrogen) atoms. The number of rotatable bonds is 13. The first-order valence-corrected chi connectivity index (χ1v) is 16.4. The summed E-state index contributed by atoms with van der Waals surface area (Å²) >= 11 is 0. The molecule has 0 heterocycles. The van der Waals surface area contributed by atoms with E-state index in [2.05, 4.69) is 5.32 Å². The summed E-state index contributed by atoms with van der Waals surface area (Å²) in [6.45, 7) is 7.73. The minimum Gasteiger partial charge on any atom is -0.354 e. The van der Waals surface area contributed by atoms with E-state index in [9.17, 15) is 22.4 Å². The molecule has 0 radical (unpaired) electrons. The van der Waals surface area contributed by atoms with Crippen LogP contribution in [0.25, 0.3) is 0 Å². The molecule has 4 aromatic carbocycles. The van der Waals surface area contributed by atoms with Crippen LogP contribution in [0.3, 0.4) is 0 Å². The second-order valence-electron chi connectivity index (χ2n) is 11.6. The van der Waals surface area contributed by atoms with E-state index in [1.54, 1.807) is 24.3 Å². The van der Waals surface area contributed by atoms with E-state index in [0.29, 0.717) is 6.54 Å². The van der Waals surface area contributed by atoms with Gasteiger partial charge in [-0.3, -0.25) is 13.9 Å². The number of amides is 2. The van der Waals surface area contributed by atoms with Crippen LogP contribution in [0, 0.1) is 25.6 Å². The predicted octanol–water partition coefficient (Wildman–Crippen LogP) is 6.05. The highest BCUT2D eigenvalue weighted by molar-refractivity contribution is 7.92. The Morgan fingerprint density at radius 2 is 1.44 bits per heavy atom. The monoisotopic (exact) mass is 629 g/mol. The summed E-state index contributed by atoms with van der Waals surface area (Å²) < 4.78 is 42.8. The predicted molar refractivity (Wildman–Crippen MR) is 176 cm³/mol. The van der Waals surface area contributed by atoms with Crippen LogP contribution in [0.2, 0.25) is 0 Å². The van der Waals surface area contributed by atoms with E-state index in [1.807, 2.05) is 82.3 Å². The summed E-state index contributed by atoms with van der Waals surface area (Å²) in [7, 11) is -4.30. The number of halogens is 1. The van der Waals surface area contributed by atoms with Gasteiger partial charge in [0.1, 0.15) is 18.4 Å². The van der Waals surface area contributed by atoms with Crippen LogP contribution in [0.15, 0.2) is 108 Å². The third kappa shape index (κ3) is 8.79. The van der Waals surface area contributed by atoms with Gasteiger partial charge >= 0.3 is 0 Å². The lowest BCUT2D eigenvalue weighted by atomic mass is 10.0. The van der Waals surface area contributed by atoms with Crippen LogP contribution < -0.4 is 9.62 Å². The zero-order chi connectivity index (χ0) is 32.6. The Bertz CT molecular complexity index is 1690. The Morgan fingerprint density at radius 1 is 0.822 bits per heavy atom. The second kappa shape index (κ2) is 15.0. The second-order valence-corrected chi connectivity index (χ2v) is 13.5. The molecule has 0 saturated heterocycles. The molecule has 0 spiro atoms. The summed E-state index contributed by atoms with van der Waals surface area (Å²) in [6, 6.07) is 27.4. The average Bonchev–Trinajstić information content (AvgIpc) is 3.02. The molecule has 7 nitrogen and oxygen atoms in total. The van der Waals surface area contributed by atoms with Gasteiger partial charge in [0.05, 0.1) is 10.6 Å². The Morgan fingerprint density at radius 3 is 2.07 bits per heavy atom. The van der Waals surface area contributed by atoms with Gasteiger partial charge in [-0.2, -0.15) is 0 Å². The molecule has 0 aliphatic carbocycles. The maximum absolute atomic E-state index is 14.5. The number of aryl methyl sites for hydroxylation is 2. The van der Waals surface area contributed by atoms with E-state index in [1.165, 1.54) is 17.0 Å². The third-order valence-electron chi connectivity index (χ3n) is 7.56. The van der Waals surface area contributed by atoms with Gasteiger partial charge in [-0.1, -0.05) is 86.1 Å². The number of hydrogen-bond donors (Lipinski definition) is 1. The number of hydrogen-bond acceptors (Lipinski definition) is 4. The van der Waals surface area contributed by atoms with Gasteiger partial charge in [0.15, 0.2) is 0 Å². The quantitative estimate of drug-likeness (QED) is 0.195. The van der Waals surface area contributed by atoms with Crippen molar-refractivity contribution in [3.63, 3.8) is 0 Å². The van der Waals surface area contributed by atoms with Crippen molar-refractivity contribution in [3.8, 4) is 0 Å². The van der Waals surface area contributed by atoms with Crippen molar-refractivity contribution in [3.05, 3.63) is 131 Å². The molecule has 0 aromatic heterocycles. The lowest BCUT2D eigenvalue weighted by molar-refractivity contribution is -0.140. The number of nitrogens with zero attached hydrogens (tertiary/aromatic N) is 2. The normalized spacial score (nSPS) is 12.0. The lowest BCUT2D eigenvalue weighted by Gasteiger charge is -2.34. The van der Waals surface area contributed by atoms with Crippen molar-refractivity contribution in [2.45, 2.75) is 51.6 Å². The fourth-order valence-corrected chi connectivity index (χ4v) is 6.34. The van der Waals surface area contributed by atoms with Gasteiger partial charge in [0.25, 0.3) is 10.0 Å². The molecule has 1 atom stereocenters. The number of nitrogens with one attached hydrogen (secondary N) is 1. The number of anilines is 1. The number of carbonyl (C=O) groups excluding carboxylic acids is 2. The smallest absolute Gasteiger partial charge is 0.264 e. The van der Waals surface area contributed by atoms with Crippen LogP contribution in [0.5, 0.6) is 0 Å². The first kappa shape index (κ1) is 33.4. The molecule has 9 heteroatoms. The average molecular weight is 630 g/mol. The molecule has 0 aliphatic heterocycles. The number of carbonyl (C=O) groups is 2. The van der Waals surface area contributed by atoms with Crippen LogP contribution in [0.4, 0.5) is 10.1 Å². The van der Waals surface area contributed by atoms with Gasteiger partial charge in [-0.15, -0.1) is 0 Å². The van der Waals surface area contributed by atoms with Crippen LogP contribution in [-0.2, 0) is 32.6 Å². The maximum atomic E-state index is 14.5. The standard InChI is InChI=1S/C36H40FN3O4S/c1-26(2)23-38-36(42)34(22-29-11-6-5-7-12-29)39(24-30-13-9-8-10-28(30)4)35(41)25-40(32-18-14-27(3)15-19-32)45(43,44)33-20-16-31(37)17-21-33/h5-21,26,34H,22-25H2,1-4H3,(H,38,42)/t34-/m0/s1. The Kier molecular flexibility index (Phi) is 11.1. The molecule has 0 bridgehead atoms. The molecule has 4 rings (SSSR count). The van der Waals surface area contributed by atoms with Gasteiger partial charge in [-0.05, 0) is 72.9 Å². The first-order chi connectivity index (χ1) is 21.5. The highest BCUT2D eigenvalue weighted by atomic mass is 32.2.